The zero-order valence-electron chi connectivity index (χ0n) is 11.5. The summed E-state index contributed by atoms with van der Waals surface area (Å²) in [5, 5.41) is 8.73. The molecule has 1 unspecified atom stereocenters. The largest absolute Gasteiger partial charge is 0.394 e. The van der Waals surface area contributed by atoms with E-state index in [-0.39, 0.29) is 12.0 Å². The van der Waals surface area contributed by atoms with E-state index in [1.54, 1.807) is 0 Å². The molecule has 0 aromatic heterocycles. The smallest absolute Gasteiger partial charge is 0.0701 e. The highest BCUT2D eigenvalue weighted by Gasteiger charge is 2.31. The lowest BCUT2D eigenvalue weighted by Gasteiger charge is -2.43. The van der Waals surface area contributed by atoms with Crippen LogP contribution in [0.25, 0.3) is 0 Å². The molecule has 17 heavy (non-hydrogen) atoms. The van der Waals surface area contributed by atoms with Gasteiger partial charge in [0.1, 0.15) is 0 Å². The Morgan fingerprint density at radius 1 is 1.35 bits per heavy atom. The van der Waals surface area contributed by atoms with Crippen LogP contribution in [0.4, 0.5) is 0 Å². The molecule has 1 atom stereocenters. The van der Waals surface area contributed by atoms with Crippen molar-refractivity contribution in [2.24, 2.45) is 11.1 Å². The van der Waals surface area contributed by atoms with E-state index in [9.17, 15) is 0 Å². The standard InChI is InChI=1S/C13H28N2O2/c1-13(2,3)12(10-14)15-6-4-11(5-7-15)17-9-8-16/h11-12,16H,4-10,14H2,1-3H3. The van der Waals surface area contributed by atoms with Gasteiger partial charge in [0.2, 0.25) is 0 Å². The van der Waals surface area contributed by atoms with Gasteiger partial charge >= 0.3 is 0 Å². The average molecular weight is 244 g/mol. The maximum Gasteiger partial charge on any atom is 0.0701 e. The van der Waals surface area contributed by atoms with Crippen molar-refractivity contribution in [1.82, 2.24) is 4.90 Å². The van der Waals surface area contributed by atoms with Crippen molar-refractivity contribution in [2.45, 2.75) is 45.8 Å². The third-order valence-electron chi connectivity index (χ3n) is 3.59. The van der Waals surface area contributed by atoms with Gasteiger partial charge in [-0.1, -0.05) is 20.8 Å². The van der Waals surface area contributed by atoms with Crippen molar-refractivity contribution in [1.29, 1.82) is 0 Å². The predicted octanol–water partition coefficient (Wildman–Crippen LogP) is 0.833. The van der Waals surface area contributed by atoms with Crippen LogP contribution in [-0.2, 0) is 4.74 Å². The fraction of sp³-hybridized carbons (Fsp3) is 1.00. The van der Waals surface area contributed by atoms with E-state index < -0.39 is 0 Å². The monoisotopic (exact) mass is 244 g/mol. The molecule has 3 N–H and O–H groups in total. The molecule has 0 saturated carbocycles. The number of rotatable bonds is 5. The summed E-state index contributed by atoms with van der Waals surface area (Å²) in [5.74, 6) is 0. The van der Waals surface area contributed by atoms with Gasteiger partial charge in [0.05, 0.1) is 19.3 Å². The number of aliphatic hydroxyl groups excluding tert-OH is 1. The highest BCUT2D eigenvalue weighted by atomic mass is 16.5. The van der Waals surface area contributed by atoms with Crippen molar-refractivity contribution in [3.05, 3.63) is 0 Å². The molecule has 1 rings (SSSR count). The number of likely N-dealkylation sites (tertiary alicyclic amines) is 1. The first-order chi connectivity index (χ1) is 7.99. The van der Waals surface area contributed by atoms with Crippen molar-refractivity contribution in [2.75, 3.05) is 32.8 Å². The highest BCUT2D eigenvalue weighted by Crippen LogP contribution is 2.26. The summed E-state index contributed by atoms with van der Waals surface area (Å²) in [6, 6.07) is 0.446. The lowest BCUT2D eigenvalue weighted by atomic mass is 9.84. The van der Waals surface area contributed by atoms with Gasteiger partial charge in [-0.15, -0.1) is 0 Å². The summed E-state index contributed by atoms with van der Waals surface area (Å²) in [7, 11) is 0. The van der Waals surface area contributed by atoms with Crippen LogP contribution in [0.5, 0.6) is 0 Å². The van der Waals surface area contributed by atoms with Crippen LogP contribution < -0.4 is 5.73 Å². The molecule has 1 saturated heterocycles. The van der Waals surface area contributed by atoms with Gasteiger partial charge < -0.3 is 15.6 Å². The Labute approximate surface area is 105 Å². The molecule has 4 heteroatoms. The summed E-state index contributed by atoms with van der Waals surface area (Å²) in [6.45, 7) is 10.1. The molecule has 4 nitrogen and oxygen atoms in total. The minimum absolute atomic E-state index is 0.119. The Morgan fingerprint density at radius 2 is 1.94 bits per heavy atom. The van der Waals surface area contributed by atoms with Crippen LogP contribution in [-0.4, -0.2) is 55.0 Å². The molecule has 1 aliphatic rings. The van der Waals surface area contributed by atoms with E-state index >= 15 is 0 Å². The molecular formula is C13H28N2O2. The van der Waals surface area contributed by atoms with Gasteiger partial charge in [-0.05, 0) is 18.3 Å². The Kier molecular flexibility index (Phi) is 5.86. The molecule has 1 aliphatic heterocycles. The van der Waals surface area contributed by atoms with Gasteiger partial charge in [-0.2, -0.15) is 0 Å². The number of aliphatic hydroxyl groups is 1. The molecule has 0 spiro atoms. The van der Waals surface area contributed by atoms with Crippen molar-refractivity contribution < 1.29 is 9.84 Å². The van der Waals surface area contributed by atoms with Gasteiger partial charge in [0.25, 0.3) is 0 Å². The van der Waals surface area contributed by atoms with Gasteiger partial charge in [0.15, 0.2) is 0 Å². The van der Waals surface area contributed by atoms with Crippen LogP contribution in [0.3, 0.4) is 0 Å². The second-order valence-corrected chi connectivity index (χ2v) is 5.95. The molecule has 0 bridgehead atoms. The molecule has 1 fully saturated rings. The quantitative estimate of drug-likeness (QED) is 0.752. The molecule has 0 aromatic rings. The van der Waals surface area contributed by atoms with E-state index in [4.69, 9.17) is 15.6 Å². The van der Waals surface area contributed by atoms with Crippen LogP contribution in [0.1, 0.15) is 33.6 Å². The van der Waals surface area contributed by atoms with E-state index in [1.807, 2.05) is 0 Å². The fourth-order valence-electron chi connectivity index (χ4n) is 2.62. The van der Waals surface area contributed by atoms with Crippen LogP contribution in [0, 0.1) is 5.41 Å². The minimum Gasteiger partial charge on any atom is -0.394 e. The Bertz CT molecular complexity index is 208. The number of piperidine rings is 1. The molecule has 0 aliphatic carbocycles. The summed E-state index contributed by atoms with van der Waals surface area (Å²) in [6.07, 6.45) is 2.41. The first-order valence-electron chi connectivity index (χ1n) is 6.65. The normalized spacial score (nSPS) is 21.7. The van der Waals surface area contributed by atoms with E-state index in [1.165, 1.54) is 0 Å². The minimum atomic E-state index is 0.119. The number of nitrogens with two attached hydrogens (primary N) is 1. The topological polar surface area (TPSA) is 58.7 Å². The van der Waals surface area contributed by atoms with Crippen molar-refractivity contribution in [3.63, 3.8) is 0 Å². The molecule has 1 heterocycles. The molecule has 0 amide bonds. The van der Waals surface area contributed by atoms with E-state index in [2.05, 4.69) is 25.7 Å². The molecular weight excluding hydrogens is 216 g/mol. The van der Waals surface area contributed by atoms with Gasteiger partial charge in [-0.3, -0.25) is 4.90 Å². The Hall–Kier alpha value is -0.160. The Morgan fingerprint density at radius 3 is 2.35 bits per heavy atom. The highest BCUT2D eigenvalue weighted by molar-refractivity contribution is 4.87. The first-order valence-corrected chi connectivity index (χ1v) is 6.65. The lowest BCUT2D eigenvalue weighted by Crippen LogP contribution is -2.52. The lowest BCUT2D eigenvalue weighted by molar-refractivity contribution is -0.0252. The van der Waals surface area contributed by atoms with Crippen LogP contribution in [0.15, 0.2) is 0 Å². The summed E-state index contributed by atoms with van der Waals surface area (Å²) in [4.78, 5) is 2.48. The van der Waals surface area contributed by atoms with Crippen molar-refractivity contribution >= 4 is 0 Å². The summed E-state index contributed by atoms with van der Waals surface area (Å²) in [5.41, 5.74) is 6.13. The number of hydrogen-bond acceptors (Lipinski definition) is 4. The van der Waals surface area contributed by atoms with Crippen LogP contribution in [0.2, 0.25) is 0 Å². The number of nitrogens with zero attached hydrogens (tertiary/aromatic N) is 1. The fourth-order valence-corrected chi connectivity index (χ4v) is 2.62. The van der Waals surface area contributed by atoms with E-state index in [0.29, 0.717) is 25.3 Å². The van der Waals surface area contributed by atoms with E-state index in [0.717, 1.165) is 25.9 Å². The second kappa shape index (κ2) is 6.69. The van der Waals surface area contributed by atoms with Gasteiger partial charge in [0, 0.05) is 25.7 Å². The number of ether oxygens (including phenoxy) is 1. The SMILES string of the molecule is CC(C)(C)C(CN)N1CCC(OCCO)CC1. The zero-order valence-corrected chi connectivity index (χ0v) is 11.5. The third kappa shape index (κ3) is 4.54. The molecule has 102 valence electrons. The second-order valence-electron chi connectivity index (χ2n) is 5.95. The summed E-state index contributed by atoms with van der Waals surface area (Å²) >= 11 is 0. The Balaban J connectivity index is 2.40. The number of hydrogen-bond donors (Lipinski definition) is 2. The first kappa shape index (κ1) is 14.9. The van der Waals surface area contributed by atoms with Crippen LogP contribution >= 0.6 is 0 Å². The zero-order chi connectivity index (χ0) is 12.9. The summed E-state index contributed by atoms with van der Waals surface area (Å²) < 4.78 is 5.57. The maximum absolute atomic E-state index is 8.73. The average Bonchev–Trinajstić information content (AvgIpc) is 2.27. The van der Waals surface area contributed by atoms with Gasteiger partial charge in [-0.25, -0.2) is 0 Å². The van der Waals surface area contributed by atoms with Crippen molar-refractivity contribution in [3.8, 4) is 0 Å². The molecule has 0 radical (unpaired) electrons. The third-order valence-corrected chi connectivity index (χ3v) is 3.59. The molecule has 0 aromatic carbocycles. The predicted molar refractivity (Wildman–Crippen MR) is 69.9 cm³/mol. The maximum atomic E-state index is 8.73.